The number of aromatic nitrogens is 2. The van der Waals surface area contributed by atoms with Gasteiger partial charge in [-0.1, -0.05) is 55.8 Å². The van der Waals surface area contributed by atoms with Crippen LogP contribution in [-0.4, -0.2) is 130 Å². The van der Waals surface area contributed by atoms with E-state index < -0.39 is 103 Å². The lowest BCUT2D eigenvalue weighted by molar-refractivity contribution is -0.172. The summed E-state index contributed by atoms with van der Waals surface area (Å²) >= 11 is 0. The van der Waals surface area contributed by atoms with Crippen LogP contribution in [0.25, 0.3) is 22.3 Å². The second-order valence-corrected chi connectivity index (χ2v) is 21.2. The first-order chi connectivity index (χ1) is 40.7. The Balaban J connectivity index is 0.727. The molecule has 9 amide bonds. The first kappa shape index (κ1) is 60.0. The highest BCUT2D eigenvalue weighted by molar-refractivity contribution is 6.12. The summed E-state index contributed by atoms with van der Waals surface area (Å²) in [4.78, 5) is 148. The van der Waals surface area contributed by atoms with Gasteiger partial charge in [-0.2, -0.15) is 0 Å². The standard InChI is InChI=1S/C60H63FN10O14/c1-4-60(83)40-24-45-55-38(29-71(45)57(80)39(40)32-84-58(60)81)54-42(19-18-37-33(2)41(61)25-43(68-55)53(37)54)66-50(76)30-69(3)59(82)85-31-35-14-16-36(17-15-35)65-48(74)28-64-56(79)44(23-34-11-7-5-8-12-34)67-49(75)27-63-47(73)26-62-46(72)13-9-6-10-22-70-51(77)20-21-52(70)78/h5,7-8,11-12,14-17,20-21,24-25,42,44,83H,4,6,9-10,13,18-19,22-23,26-32H2,1-3H3,(H,62,72)(H,63,73)(H,64,79)(H,65,74)(H,66,76)(H,67,75)/t42-,44-,60-/m0/s1. The number of benzene rings is 3. The molecule has 7 N–H and O–H groups in total. The Morgan fingerprint density at radius 2 is 1.54 bits per heavy atom. The van der Waals surface area contributed by atoms with Gasteiger partial charge in [0.2, 0.25) is 35.4 Å². The molecule has 3 aliphatic heterocycles. The van der Waals surface area contributed by atoms with E-state index >= 15 is 4.39 Å². The second-order valence-electron chi connectivity index (χ2n) is 21.2. The molecule has 0 saturated heterocycles. The maximum absolute atomic E-state index is 15.4. The average Bonchev–Trinajstić information content (AvgIpc) is 1.67. The molecule has 24 nitrogen and oxygen atoms in total. The molecular weight excluding hydrogens is 1100 g/mol. The molecule has 0 unspecified atom stereocenters. The number of carbonyl (C=O) groups is 10. The number of nitrogens with one attached hydrogen (secondary N) is 6. The van der Waals surface area contributed by atoms with Crippen LogP contribution in [0.2, 0.25) is 0 Å². The van der Waals surface area contributed by atoms with Crippen molar-refractivity contribution in [2.45, 2.75) is 103 Å². The number of fused-ring (bicyclic) bond motifs is 5. The van der Waals surface area contributed by atoms with Gasteiger partial charge in [0.05, 0.1) is 54.7 Å². The minimum absolute atomic E-state index is 0.0485. The lowest BCUT2D eigenvalue weighted by atomic mass is 9.81. The summed E-state index contributed by atoms with van der Waals surface area (Å²) in [5, 5.41) is 27.7. The van der Waals surface area contributed by atoms with Crippen molar-refractivity contribution >= 4 is 75.9 Å². The zero-order valence-electron chi connectivity index (χ0n) is 46.9. The largest absolute Gasteiger partial charge is 0.458 e. The lowest BCUT2D eigenvalue weighted by Gasteiger charge is -2.31. The monoisotopic (exact) mass is 1170 g/mol. The number of halogens is 1. The van der Waals surface area contributed by atoms with E-state index in [0.717, 1.165) is 15.4 Å². The predicted octanol–water partition coefficient (Wildman–Crippen LogP) is 2.40. The summed E-state index contributed by atoms with van der Waals surface area (Å²) in [6, 6.07) is 16.2. The molecule has 0 bridgehead atoms. The van der Waals surface area contributed by atoms with E-state index in [9.17, 15) is 57.8 Å². The van der Waals surface area contributed by atoms with Gasteiger partial charge in [-0.05, 0) is 85.0 Å². The van der Waals surface area contributed by atoms with E-state index in [0.29, 0.717) is 87.9 Å². The number of likely N-dealkylation sites (N-methyl/N-ethyl adjacent to an activating group) is 1. The molecule has 0 saturated carbocycles. The van der Waals surface area contributed by atoms with Gasteiger partial charge in [-0.3, -0.25) is 48.1 Å². The van der Waals surface area contributed by atoms with Gasteiger partial charge in [0.1, 0.15) is 31.6 Å². The van der Waals surface area contributed by atoms with Crippen LogP contribution in [0, 0.1) is 12.7 Å². The Hall–Kier alpha value is -9.65. The summed E-state index contributed by atoms with van der Waals surface area (Å²) in [6.45, 7) is 1.26. The fraction of sp³-hybridized carbons (Fsp3) is 0.367. The van der Waals surface area contributed by atoms with E-state index in [1.54, 1.807) is 74.5 Å². The van der Waals surface area contributed by atoms with Gasteiger partial charge in [0.15, 0.2) is 5.60 Å². The number of aryl methyl sites for hydroxylation is 1. The van der Waals surface area contributed by atoms with E-state index in [-0.39, 0.29) is 68.5 Å². The van der Waals surface area contributed by atoms with Gasteiger partial charge >= 0.3 is 12.1 Å². The SMILES string of the molecule is CC[C@@]1(O)C(=O)OCc2c1cc1n(c2=O)Cc2c-1nc1cc(F)c(C)c3c1c2[C@@H](NC(=O)CN(C)C(=O)OCc1ccc(NC(=O)CNC(=O)[C@H](Cc2ccccc2)NC(=O)CNC(=O)CNC(=O)CCCCCN2C(=O)C=CC2=O)cc1)CC3. The molecule has 9 rings (SSSR count). The molecule has 3 aromatic carbocycles. The minimum Gasteiger partial charge on any atom is -0.458 e. The van der Waals surface area contributed by atoms with Crippen molar-refractivity contribution in [3.05, 3.63) is 140 Å². The molecule has 1 aliphatic carbocycles. The number of unbranched alkanes of at least 4 members (excludes halogenated alkanes) is 2. The fourth-order valence-electron chi connectivity index (χ4n) is 10.9. The predicted molar refractivity (Wildman–Crippen MR) is 302 cm³/mol. The highest BCUT2D eigenvalue weighted by atomic mass is 19.1. The maximum Gasteiger partial charge on any atom is 0.410 e. The number of ether oxygens (including phenoxy) is 2. The summed E-state index contributed by atoms with van der Waals surface area (Å²) < 4.78 is 27.6. The van der Waals surface area contributed by atoms with Gasteiger partial charge in [0, 0.05) is 66.9 Å². The smallest absolute Gasteiger partial charge is 0.410 e. The van der Waals surface area contributed by atoms with E-state index in [2.05, 4.69) is 31.9 Å². The van der Waals surface area contributed by atoms with Crippen LogP contribution >= 0.6 is 0 Å². The topological polar surface area (TPSA) is 323 Å². The molecule has 2 aromatic heterocycles. The number of imide groups is 1. The fourth-order valence-corrected chi connectivity index (χ4v) is 10.9. The molecule has 85 heavy (non-hydrogen) atoms. The van der Waals surface area contributed by atoms with Crippen molar-refractivity contribution in [1.82, 2.24) is 45.9 Å². The number of anilines is 1. The summed E-state index contributed by atoms with van der Waals surface area (Å²) in [5.74, 6) is -5.64. The molecule has 25 heteroatoms. The van der Waals surface area contributed by atoms with E-state index in [4.69, 9.17) is 14.5 Å². The van der Waals surface area contributed by atoms with E-state index in [1.807, 2.05) is 0 Å². The van der Waals surface area contributed by atoms with Gasteiger partial charge in [-0.15, -0.1) is 0 Å². The number of hydrogen-bond donors (Lipinski definition) is 7. The summed E-state index contributed by atoms with van der Waals surface area (Å²) in [7, 11) is 1.39. The highest BCUT2D eigenvalue weighted by Crippen LogP contribution is 2.46. The van der Waals surface area contributed by atoms with Crippen molar-refractivity contribution in [3.63, 3.8) is 0 Å². The molecule has 0 radical (unpaired) electrons. The normalized spacial score (nSPS) is 16.6. The Morgan fingerprint density at radius 3 is 2.27 bits per heavy atom. The molecular formula is C60H63FN10O14. The second kappa shape index (κ2) is 25.9. The third-order valence-corrected chi connectivity index (χ3v) is 15.4. The molecule has 444 valence electrons. The molecule has 4 aliphatic rings. The highest BCUT2D eigenvalue weighted by Gasteiger charge is 2.46. The summed E-state index contributed by atoms with van der Waals surface area (Å²) in [5.41, 5.74) is 2.74. The summed E-state index contributed by atoms with van der Waals surface area (Å²) in [6.07, 6.45) is 4.02. The van der Waals surface area contributed by atoms with Crippen molar-refractivity contribution < 1.29 is 66.9 Å². The van der Waals surface area contributed by atoms with Gasteiger partial charge in [0.25, 0.3) is 17.4 Å². The number of esters is 1. The zero-order chi connectivity index (χ0) is 60.7. The molecule has 5 heterocycles. The molecule has 0 spiro atoms. The zero-order valence-corrected chi connectivity index (χ0v) is 46.9. The Morgan fingerprint density at radius 1 is 0.835 bits per heavy atom. The minimum atomic E-state index is -2.06. The van der Waals surface area contributed by atoms with Crippen LogP contribution in [0.1, 0.15) is 96.0 Å². The van der Waals surface area contributed by atoms with Crippen LogP contribution in [0.3, 0.4) is 0 Å². The van der Waals surface area contributed by atoms with Crippen molar-refractivity contribution in [3.8, 4) is 11.4 Å². The van der Waals surface area contributed by atoms with Crippen LogP contribution in [0.4, 0.5) is 14.9 Å². The quantitative estimate of drug-likeness (QED) is 0.0275. The number of hydrogen-bond acceptors (Lipinski definition) is 15. The number of carbonyl (C=O) groups excluding carboxylic acids is 10. The average molecular weight is 1170 g/mol. The van der Waals surface area contributed by atoms with Gasteiger partial charge in [-0.25, -0.2) is 19.0 Å². The van der Waals surface area contributed by atoms with Gasteiger partial charge < -0.3 is 55.9 Å². The maximum atomic E-state index is 15.4. The van der Waals surface area contributed by atoms with E-state index in [1.165, 1.54) is 29.8 Å². The van der Waals surface area contributed by atoms with Crippen molar-refractivity contribution in [2.75, 3.05) is 45.1 Å². The third-order valence-electron chi connectivity index (χ3n) is 15.4. The number of cyclic esters (lactones) is 1. The molecule has 0 fully saturated rings. The number of rotatable bonds is 23. The first-order valence-electron chi connectivity index (χ1n) is 27.8. The number of nitrogens with zero attached hydrogens (tertiary/aromatic N) is 4. The van der Waals surface area contributed by atoms with Crippen molar-refractivity contribution in [1.29, 1.82) is 0 Å². The number of aliphatic hydroxyl groups is 1. The molecule has 5 aromatic rings. The first-order valence-corrected chi connectivity index (χ1v) is 27.8. The molecule has 3 atom stereocenters. The van der Waals surface area contributed by atoms with Crippen LogP contribution in [-0.2, 0) is 90.8 Å². The number of amides is 9. The third kappa shape index (κ3) is 13.4. The van der Waals surface area contributed by atoms with Crippen molar-refractivity contribution in [2.24, 2.45) is 0 Å². The lowest BCUT2D eigenvalue weighted by Crippen LogP contribution is -2.52. The van der Waals surface area contributed by atoms with Crippen LogP contribution in [0.15, 0.2) is 83.7 Å². The van der Waals surface area contributed by atoms with Crippen LogP contribution in [0.5, 0.6) is 0 Å². The Labute approximate surface area is 485 Å². The number of pyridine rings is 2. The van der Waals surface area contributed by atoms with Crippen LogP contribution < -0.4 is 37.5 Å². The Kier molecular flexibility index (Phi) is 18.2. The Bertz CT molecular complexity index is 3630.